The molecule has 5 nitrogen and oxygen atoms in total. The van der Waals surface area contributed by atoms with E-state index in [4.69, 9.17) is 5.73 Å². The van der Waals surface area contributed by atoms with Crippen molar-refractivity contribution in [3.63, 3.8) is 0 Å². The summed E-state index contributed by atoms with van der Waals surface area (Å²) in [5, 5.41) is 2.73. The van der Waals surface area contributed by atoms with Gasteiger partial charge in [0.1, 0.15) is 9.84 Å². The third-order valence-corrected chi connectivity index (χ3v) is 4.03. The zero-order valence-electron chi connectivity index (χ0n) is 8.19. The van der Waals surface area contributed by atoms with Gasteiger partial charge in [0.15, 0.2) is 0 Å². The number of nitrogens with two attached hydrogens (primary N) is 1. The van der Waals surface area contributed by atoms with Gasteiger partial charge in [0.2, 0.25) is 5.91 Å². The molecule has 1 heterocycles. The van der Waals surface area contributed by atoms with E-state index in [9.17, 15) is 13.2 Å². The molecule has 0 saturated carbocycles. The van der Waals surface area contributed by atoms with Crippen LogP contribution in [0.1, 0.15) is 19.8 Å². The van der Waals surface area contributed by atoms with E-state index < -0.39 is 15.9 Å². The van der Waals surface area contributed by atoms with Crippen molar-refractivity contribution in [3.8, 4) is 0 Å². The largest absolute Gasteiger partial charge is 0.352 e. The standard InChI is InChI=1S/C8H16N2O3S/c1-6(9)8(11)10-7-2-4-14(12,13)5-3-7/h6-7H,2-5,9H2,1H3,(H,10,11). The number of sulfone groups is 1. The first-order valence-electron chi connectivity index (χ1n) is 4.67. The third-order valence-electron chi connectivity index (χ3n) is 2.31. The molecule has 1 atom stereocenters. The minimum Gasteiger partial charge on any atom is -0.352 e. The van der Waals surface area contributed by atoms with E-state index in [-0.39, 0.29) is 23.5 Å². The summed E-state index contributed by atoms with van der Waals surface area (Å²) >= 11 is 0. The fourth-order valence-corrected chi connectivity index (χ4v) is 2.86. The number of carbonyl (C=O) groups excluding carboxylic acids is 1. The van der Waals surface area contributed by atoms with Crippen LogP contribution < -0.4 is 11.1 Å². The van der Waals surface area contributed by atoms with Gasteiger partial charge in [-0.25, -0.2) is 8.42 Å². The fourth-order valence-electron chi connectivity index (χ4n) is 1.37. The average Bonchev–Trinajstić information content (AvgIpc) is 2.08. The minimum atomic E-state index is -2.85. The maximum atomic E-state index is 11.2. The van der Waals surface area contributed by atoms with Crippen molar-refractivity contribution in [2.45, 2.75) is 31.8 Å². The van der Waals surface area contributed by atoms with Gasteiger partial charge < -0.3 is 11.1 Å². The number of amides is 1. The Bertz CT molecular complexity index is 297. The van der Waals surface area contributed by atoms with Crippen molar-refractivity contribution >= 4 is 15.7 Å². The lowest BCUT2D eigenvalue weighted by molar-refractivity contribution is -0.122. The van der Waals surface area contributed by atoms with Crippen LogP contribution >= 0.6 is 0 Å². The topological polar surface area (TPSA) is 89.3 Å². The first kappa shape index (κ1) is 11.5. The number of carbonyl (C=O) groups is 1. The summed E-state index contributed by atoms with van der Waals surface area (Å²) in [6.07, 6.45) is 1.00. The molecule has 0 bridgehead atoms. The number of nitrogens with one attached hydrogen (secondary N) is 1. The molecule has 0 aromatic heterocycles. The molecule has 0 aliphatic carbocycles. The van der Waals surface area contributed by atoms with Crippen molar-refractivity contribution in [1.29, 1.82) is 0 Å². The first-order valence-corrected chi connectivity index (χ1v) is 6.49. The molecule has 6 heteroatoms. The fraction of sp³-hybridized carbons (Fsp3) is 0.875. The summed E-state index contributed by atoms with van der Waals surface area (Å²) in [5.74, 6) is 0.114. The Morgan fingerprint density at radius 2 is 1.93 bits per heavy atom. The summed E-state index contributed by atoms with van der Waals surface area (Å²) in [7, 11) is -2.85. The molecule has 1 aliphatic rings. The summed E-state index contributed by atoms with van der Waals surface area (Å²) in [6.45, 7) is 1.61. The average molecular weight is 220 g/mol. The summed E-state index contributed by atoms with van der Waals surface area (Å²) in [4.78, 5) is 11.2. The third kappa shape index (κ3) is 3.26. The molecule has 0 aromatic carbocycles. The van der Waals surface area contributed by atoms with Gasteiger partial charge in [-0.15, -0.1) is 0 Å². The quantitative estimate of drug-likeness (QED) is 0.626. The van der Waals surface area contributed by atoms with Crippen molar-refractivity contribution < 1.29 is 13.2 Å². The van der Waals surface area contributed by atoms with E-state index >= 15 is 0 Å². The van der Waals surface area contributed by atoms with Crippen LogP contribution in [0.2, 0.25) is 0 Å². The molecule has 1 fully saturated rings. The van der Waals surface area contributed by atoms with E-state index in [1.165, 1.54) is 0 Å². The Morgan fingerprint density at radius 3 is 2.36 bits per heavy atom. The number of hydrogen-bond acceptors (Lipinski definition) is 4. The lowest BCUT2D eigenvalue weighted by Gasteiger charge is -2.23. The Labute approximate surface area is 84.0 Å². The molecule has 1 aliphatic heterocycles. The maximum absolute atomic E-state index is 11.2. The van der Waals surface area contributed by atoms with Gasteiger partial charge >= 0.3 is 0 Å². The van der Waals surface area contributed by atoms with Crippen LogP contribution in [-0.2, 0) is 14.6 Å². The summed E-state index contributed by atoms with van der Waals surface area (Å²) in [5.41, 5.74) is 5.38. The number of rotatable bonds is 2. The second kappa shape index (κ2) is 4.27. The van der Waals surface area contributed by atoms with Crippen LogP contribution in [0.15, 0.2) is 0 Å². The highest BCUT2D eigenvalue weighted by Crippen LogP contribution is 2.11. The highest BCUT2D eigenvalue weighted by Gasteiger charge is 2.25. The van der Waals surface area contributed by atoms with E-state index in [1.54, 1.807) is 6.92 Å². The summed E-state index contributed by atoms with van der Waals surface area (Å²) in [6, 6.07) is -0.564. The van der Waals surface area contributed by atoms with E-state index in [0.29, 0.717) is 12.8 Å². The van der Waals surface area contributed by atoms with Crippen LogP contribution in [0, 0.1) is 0 Å². The molecular weight excluding hydrogens is 204 g/mol. The SMILES string of the molecule is CC(N)C(=O)NC1CCS(=O)(=O)CC1. The van der Waals surface area contributed by atoms with Gasteiger partial charge in [0.05, 0.1) is 17.5 Å². The number of hydrogen-bond donors (Lipinski definition) is 2. The zero-order chi connectivity index (χ0) is 10.8. The molecular formula is C8H16N2O3S. The maximum Gasteiger partial charge on any atom is 0.236 e. The molecule has 1 amide bonds. The van der Waals surface area contributed by atoms with Crippen molar-refractivity contribution in [3.05, 3.63) is 0 Å². The van der Waals surface area contributed by atoms with Crippen LogP contribution in [0.4, 0.5) is 0 Å². The lowest BCUT2D eigenvalue weighted by Crippen LogP contribution is -2.46. The molecule has 14 heavy (non-hydrogen) atoms. The molecule has 0 spiro atoms. The van der Waals surface area contributed by atoms with Crippen LogP contribution in [-0.4, -0.2) is 37.9 Å². The predicted molar refractivity (Wildman–Crippen MR) is 53.5 cm³/mol. The molecule has 1 unspecified atom stereocenters. The Balaban J connectivity index is 2.40. The van der Waals surface area contributed by atoms with Gasteiger partial charge in [-0.05, 0) is 19.8 Å². The highest BCUT2D eigenvalue weighted by molar-refractivity contribution is 7.91. The predicted octanol–water partition coefficient (Wildman–Crippen LogP) is -0.973. The van der Waals surface area contributed by atoms with Crippen LogP contribution in [0.25, 0.3) is 0 Å². The van der Waals surface area contributed by atoms with E-state index in [0.717, 1.165) is 0 Å². The molecule has 82 valence electrons. The van der Waals surface area contributed by atoms with Gasteiger partial charge in [-0.1, -0.05) is 0 Å². The molecule has 0 aromatic rings. The second-order valence-corrected chi connectivity index (χ2v) is 6.03. The normalized spacial score (nSPS) is 24.1. The van der Waals surface area contributed by atoms with Crippen molar-refractivity contribution in [2.75, 3.05) is 11.5 Å². The summed E-state index contributed by atoms with van der Waals surface area (Å²) < 4.78 is 22.2. The van der Waals surface area contributed by atoms with Crippen molar-refractivity contribution in [2.24, 2.45) is 5.73 Å². The Morgan fingerprint density at radius 1 is 1.43 bits per heavy atom. The molecule has 0 radical (unpaired) electrons. The molecule has 3 N–H and O–H groups in total. The van der Waals surface area contributed by atoms with Crippen LogP contribution in [0.5, 0.6) is 0 Å². The monoisotopic (exact) mass is 220 g/mol. The Kier molecular flexibility index (Phi) is 3.49. The minimum absolute atomic E-state index is 0.0305. The lowest BCUT2D eigenvalue weighted by atomic mass is 10.1. The van der Waals surface area contributed by atoms with Gasteiger partial charge in [0.25, 0.3) is 0 Å². The first-order chi connectivity index (χ1) is 6.41. The molecule has 1 rings (SSSR count). The van der Waals surface area contributed by atoms with Gasteiger partial charge in [-0.2, -0.15) is 0 Å². The smallest absolute Gasteiger partial charge is 0.236 e. The van der Waals surface area contributed by atoms with E-state index in [2.05, 4.69) is 5.32 Å². The van der Waals surface area contributed by atoms with E-state index in [1.807, 2.05) is 0 Å². The Hall–Kier alpha value is -0.620. The second-order valence-electron chi connectivity index (χ2n) is 3.72. The van der Waals surface area contributed by atoms with Crippen molar-refractivity contribution in [1.82, 2.24) is 5.32 Å². The van der Waals surface area contributed by atoms with Gasteiger partial charge in [-0.3, -0.25) is 4.79 Å². The highest BCUT2D eigenvalue weighted by atomic mass is 32.2. The van der Waals surface area contributed by atoms with Crippen LogP contribution in [0.3, 0.4) is 0 Å². The van der Waals surface area contributed by atoms with Gasteiger partial charge in [0, 0.05) is 6.04 Å². The molecule has 1 saturated heterocycles. The zero-order valence-corrected chi connectivity index (χ0v) is 9.01.